The predicted molar refractivity (Wildman–Crippen MR) is 254 cm³/mol. The highest BCUT2D eigenvalue weighted by molar-refractivity contribution is 6.10. The quantitative estimate of drug-likeness (QED) is 0.158. The van der Waals surface area contributed by atoms with E-state index in [0.717, 1.165) is 56.2 Å². The van der Waals surface area contributed by atoms with Crippen LogP contribution in [0.25, 0.3) is 50.3 Å². The molecule has 0 bridgehead atoms. The molecule has 290 valence electrons. The Bertz CT molecular complexity index is 3210. The van der Waals surface area contributed by atoms with Gasteiger partial charge in [-0.1, -0.05) is 78.9 Å². The van der Waals surface area contributed by atoms with Gasteiger partial charge in [0.15, 0.2) is 0 Å². The summed E-state index contributed by atoms with van der Waals surface area (Å²) >= 11 is 0. The first kappa shape index (κ1) is 36.8. The number of benzene rings is 7. The second-order valence-corrected chi connectivity index (χ2v) is 15.8. The zero-order valence-electron chi connectivity index (χ0n) is 34.6. The summed E-state index contributed by atoms with van der Waals surface area (Å²) in [5.74, 6) is 0. The van der Waals surface area contributed by atoms with Gasteiger partial charge < -0.3 is 14.4 Å². The summed E-state index contributed by atoms with van der Waals surface area (Å²) < 4.78 is 2.41. The first-order valence-electron chi connectivity index (χ1n) is 20.5. The van der Waals surface area contributed by atoms with Gasteiger partial charge in [0, 0.05) is 53.5 Å². The van der Waals surface area contributed by atoms with Gasteiger partial charge in [0.1, 0.15) is 0 Å². The molecule has 3 heterocycles. The average Bonchev–Trinajstić information content (AvgIpc) is 3.61. The van der Waals surface area contributed by atoms with Crippen molar-refractivity contribution in [2.24, 2.45) is 4.99 Å². The SMILES string of the molecule is CN=C/C=c1/cccc/c1=C(/C)c1cc(N2c3ccc(-c4ccncc4)cc3N(c3cc(C)cc(C)c3)c3cc(-n4c5ccccc5c5ccccc54)ccc32)ccc1C. The van der Waals surface area contributed by atoms with Crippen molar-refractivity contribution in [3.63, 3.8) is 0 Å². The van der Waals surface area contributed by atoms with Gasteiger partial charge in [-0.2, -0.15) is 0 Å². The van der Waals surface area contributed by atoms with E-state index in [1.165, 1.54) is 54.9 Å². The monoisotopic (exact) mass is 775 g/mol. The van der Waals surface area contributed by atoms with E-state index < -0.39 is 0 Å². The van der Waals surface area contributed by atoms with E-state index in [1.54, 1.807) is 0 Å². The number of rotatable bonds is 6. The fourth-order valence-electron chi connectivity index (χ4n) is 9.17. The molecule has 0 fully saturated rings. The van der Waals surface area contributed by atoms with Crippen molar-refractivity contribution in [1.82, 2.24) is 9.55 Å². The average molecular weight is 776 g/mol. The van der Waals surface area contributed by atoms with E-state index in [9.17, 15) is 0 Å². The number of hydrogen-bond donors (Lipinski definition) is 0. The van der Waals surface area contributed by atoms with E-state index in [4.69, 9.17) is 0 Å². The van der Waals surface area contributed by atoms with Crippen LogP contribution in [0.2, 0.25) is 0 Å². The van der Waals surface area contributed by atoms with Gasteiger partial charge in [0.2, 0.25) is 0 Å². The third-order valence-electron chi connectivity index (χ3n) is 11.9. The molecule has 0 radical (unpaired) electrons. The molecule has 7 aromatic carbocycles. The molecule has 0 spiro atoms. The number of aromatic nitrogens is 2. The highest BCUT2D eigenvalue weighted by Crippen LogP contribution is 2.56. The smallest absolute Gasteiger partial charge is 0.0724 e. The van der Waals surface area contributed by atoms with Crippen LogP contribution in [0, 0.1) is 20.8 Å². The number of pyridine rings is 1. The van der Waals surface area contributed by atoms with E-state index in [2.05, 4.69) is 216 Å². The first-order valence-corrected chi connectivity index (χ1v) is 20.5. The summed E-state index contributed by atoms with van der Waals surface area (Å²) in [5.41, 5.74) is 18.4. The van der Waals surface area contributed by atoms with Crippen LogP contribution in [-0.4, -0.2) is 22.8 Å². The van der Waals surface area contributed by atoms with E-state index in [-0.39, 0.29) is 0 Å². The molecular formula is C55H45N5. The van der Waals surface area contributed by atoms with Gasteiger partial charge in [0.05, 0.1) is 33.8 Å². The molecule has 0 atom stereocenters. The number of nitrogens with zero attached hydrogens (tertiary/aromatic N) is 5. The van der Waals surface area contributed by atoms with Crippen LogP contribution in [0.1, 0.15) is 29.2 Å². The molecule has 5 nitrogen and oxygen atoms in total. The molecule has 1 aliphatic heterocycles. The molecule has 0 aliphatic carbocycles. The topological polar surface area (TPSA) is 36.7 Å². The largest absolute Gasteiger partial charge is 0.309 e. The van der Waals surface area contributed by atoms with Crippen LogP contribution < -0.4 is 20.2 Å². The summed E-state index contributed by atoms with van der Waals surface area (Å²) in [6.45, 7) is 8.82. The maximum absolute atomic E-state index is 4.34. The van der Waals surface area contributed by atoms with Crippen molar-refractivity contribution >= 4 is 73.8 Å². The Morgan fingerprint density at radius 1 is 0.533 bits per heavy atom. The normalized spacial score (nSPS) is 13.3. The summed E-state index contributed by atoms with van der Waals surface area (Å²) in [7, 11) is 1.81. The Hall–Kier alpha value is -7.50. The molecule has 0 saturated heterocycles. The molecular weight excluding hydrogens is 731 g/mol. The highest BCUT2D eigenvalue weighted by Gasteiger charge is 2.32. The Labute approximate surface area is 351 Å². The maximum Gasteiger partial charge on any atom is 0.0724 e. The number of aliphatic imine (C=N–C) groups is 1. The van der Waals surface area contributed by atoms with E-state index >= 15 is 0 Å². The maximum atomic E-state index is 4.34. The second kappa shape index (κ2) is 15.0. The lowest BCUT2D eigenvalue weighted by Crippen LogP contribution is -2.27. The van der Waals surface area contributed by atoms with Gasteiger partial charge in [-0.3, -0.25) is 9.98 Å². The fraction of sp³-hybridized carbons (Fsp3) is 0.0909. The van der Waals surface area contributed by atoms with Crippen molar-refractivity contribution in [1.29, 1.82) is 0 Å². The molecule has 60 heavy (non-hydrogen) atoms. The minimum Gasteiger partial charge on any atom is -0.309 e. The molecule has 1 aliphatic rings. The standard InChI is InChI=1S/C55H45N5/c1-36-30-37(2)32-45(31-36)60-54-33-42(40-25-28-57-29-26-40)19-22-52(54)59(43-20-18-38(3)49(34-43)39(4)46-13-7-6-12-41(46)24-27-56-5)53-23-21-44(35-55(53)60)58-50-16-10-8-14-47(50)48-15-9-11-17-51(48)58/h6-35H,1-5H3/b41-24-,46-39+,56-27?. The zero-order chi connectivity index (χ0) is 40.9. The number of hydrogen-bond acceptors (Lipinski definition) is 4. The lowest BCUT2D eigenvalue weighted by molar-refractivity contribution is 1.13. The van der Waals surface area contributed by atoms with E-state index in [1.807, 2.05) is 25.7 Å². The minimum atomic E-state index is 1.09. The third-order valence-corrected chi connectivity index (χ3v) is 11.9. The van der Waals surface area contributed by atoms with Crippen LogP contribution in [-0.2, 0) is 0 Å². The van der Waals surface area contributed by atoms with Crippen LogP contribution >= 0.6 is 0 Å². The van der Waals surface area contributed by atoms with Gasteiger partial charge >= 0.3 is 0 Å². The molecule has 0 unspecified atom stereocenters. The Morgan fingerprint density at radius 3 is 1.87 bits per heavy atom. The highest BCUT2D eigenvalue weighted by atomic mass is 15.3. The van der Waals surface area contributed by atoms with Crippen molar-refractivity contribution in [2.45, 2.75) is 27.7 Å². The van der Waals surface area contributed by atoms with Crippen molar-refractivity contribution in [3.05, 3.63) is 203 Å². The second-order valence-electron chi connectivity index (χ2n) is 15.8. The minimum absolute atomic E-state index is 1.09. The molecule has 0 saturated carbocycles. The lowest BCUT2D eigenvalue weighted by Gasteiger charge is -2.41. The van der Waals surface area contributed by atoms with Crippen LogP contribution in [0.15, 0.2) is 175 Å². The molecule has 5 heteroatoms. The number of fused-ring (bicyclic) bond motifs is 5. The van der Waals surface area contributed by atoms with Crippen molar-refractivity contribution < 1.29 is 0 Å². The third kappa shape index (κ3) is 6.27. The van der Waals surface area contributed by atoms with Gasteiger partial charge in [-0.05, 0) is 162 Å². The van der Waals surface area contributed by atoms with Crippen LogP contribution in [0.3, 0.4) is 0 Å². The Balaban J connectivity index is 1.27. The van der Waals surface area contributed by atoms with Crippen LogP contribution in [0.5, 0.6) is 0 Å². The van der Waals surface area contributed by atoms with Gasteiger partial charge in [-0.15, -0.1) is 0 Å². The molecule has 2 aromatic heterocycles. The van der Waals surface area contributed by atoms with Gasteiger partial charge in [-0.25, -0.2) is 0 Å². The number of aryl methyl sites for hydroxylation is 3. The first-order chi connectivity index (χ1) is 29.4. The summed E-state index contributed by atoms with van der Waals surface area (Å²) in [6.07, 6.45) is 7.69. The fourth-order valence-corrected chi connectivity index (χ4v) is 9.17. The molecule has 10 rings (SSSR count). The zero-order valence-corrected chi connectivity index (χ0v) is 34.6. The molecule has 0 N–H and O–H groups in total. The van der Waals surface area contributed by atoms with Crippen molar-refractivity contribution in [2.75, 3.05) is 16.8 Å². The lowest BCUT2D eigenvalue weighted by atomic mass is 9.96. The van der Waals surface area contributed by atoms with Crippen LogP contribution in [0.4, 0.5) is 34.1 Å². The molecule has 9 aromatic rings. The van der Waals surface area contributed by atoms with Gasteiger partial charge in [0.25, 0.3) is 0 Å². The van der Waals surface area contributed by atoms with E-state index in [0.29, 0.717) is 0 Å². The number of para-hydroxylation sites is 2. The summed E-state index contributed by atoms with van der Waals surface area (Å²) in [6, 6.07) is 57.8. The number of anilines is 6. The Morgan fingerprint density at radius 2 is 1.15 bits per heavy atom. The molecule has 0 amide bonds. The Kier molecular flexibility index (Phi) is 9.22. The summed E-state index contributed by atoms with van der Waals surface area (Å²) in [4.78, 5) is 13.5. The predicted octanol–water partition coefficient (Wildman–Crippen LogP) is 12.7. The van der Waals surface area contributed by atoms with Crippen molar-refractivity contribution in [3.8, 4) is 16.8 Å². The summed E-state index contributed by atoms with van der Waals surface area (Å²) in [5, 5.41) is 4.82.